The predicted molar refractivity (Wildman–Crippen MR) is 90.4 cm³/mol. The third kappa shape index (κ3) is 5.13. The summed E-state index contributed by atoms with van der Waals surface area (Å²) in [5.74, 6) is -0.731. The SMILES string of the molecule is COc1cccc(C(=O)NCC(=O)Nc2ccc(Cl)c(C(F)(F)F)c2)c1. The van der Waals surface area contributed by atoms with Gasteiger partial charge in [0.05, 0.1) is 24.2 Å². The molecule has 0 spiro atoms. The first kappa shape index (κ1) is 19.6. The van der Waals surface area contributed by atoms with Crippen molar-refractivity contribution < 1.29 is 27.5 Å². The van der Waals surface area contributed by atoms with Gasteiger partial charge in [0.2, 0.25) is 5.91 Å². The summed E-state index contributed by atoms with van der Waals surface area (Å²) in [6.45, 7) is -0.417. The molecule has 9 heteroatoms. The molecule has 0 aromatic heterocycles. The highest BCUT2D eigenvalue weighted by Crippen LogP contribution is 2.36. The van der Waals surface area contributed by atoms with Crippen LogP contribution >= 0.6 is 11.6 Å². The molecule has 0 fully saturated rings. The number of ether oxygens (including phenoxy) is 1. The molecule has 0 aliphatic carbocycles. The Labute approximate surface area is 152 Å². The minimum absolute atomic E-state index is 0.0812. The summed E-state index contributed by atoms with van der Waals surface area (Å²) in [6, 6.07) is 9.29. The van der Waals surface area contributed by atoms with E-state index in [1.807, 2.05) is 0 Å². The molecule has 2 aromatic carbocycles. The van der Waals surface area contributed by atoms with Gasteiger partial charge in [-0.15, -0.1) is 0 Å². The number of anilines is 1. The van der Waals surface area contributed by atoms with Crippen LogP contribution in [0.4, 0.5) is 18.9 Å². The minimum Gasteiger partial charge on any atom is -0.497 e. The molecule has 0 saturated carbocycles. The number of carbonyl (C=O) groups excluding carboxylic acids is 2. The van der Waals surface area contributed by atoms with Gasteiger partial charge in [-0.3, -0.25) is 9.59 Å². The highest BCUT2D eigenvalue weighted by molar-refractivity contribution is 6.31. The lowest BCUT2D eigenvalue weighted by molar-refractivity contribution is -0.137. The Hall–Kier alpha value is -2.74. The molecule has 2 amide bonds. The molecule has 0 atom stereocenters. The Morgan fingerprint density at radius 1 is 1.15 bits per heavy atom. The largest absolute Gasteiger partial charge is 0.497 e. The predicted octanol–water partition coefficient (Wildman–Crippen LogP) is 3.74. The second-order valence-corrected chi connectivity index (χ2v) is 5.56. The van der Waals surface area contributed by atoms with Gasteiger partial charge in [-0.2, -0.15) is 13.2 Å². The van der Waals surface area contributed by atoms with Crippen molar-refractivity contribution in [1.29, 1.82) is 0 Å². The van der Waals surface area contributed by atoms with Crippen molar-refractivity contribution >= 4 is 29.1 Å². The number of carbonyl (C=O) groups is 2. The number of alkyl halides is 3. The fourth-order valence-electron chi connectivity index (χ4n) is 2.05. The van der Waals surface area contributed by atoms with Crippen LogP contribution in [0.15, 0.2) is 42.5 Å². The second-order valence-electron chi connectivity index (χ2n) is 5.16. The topological polar surface area (TPSA) is 67.4 Å². The van der Waals surface area contributed by atoms with Crippen LogP contribution in [0.5, 0.6) is 5.75 Å². The molecule has 0 unspecified atom stereocenters. The van der Waals surface area contributed by atoms with Gasteiger partial charge in [-0.1, -0.05) is 17.7 Å². The fraction of sp³-hybridized carbons (Fsp3) is 0.176. The van der Waals surface area contributed by atoms with Crippen LogP contribution in [0, 0.1) is 0 Å². The van der Waals surface area contributed by atoms with Gasteiger partial charge >= 0.3 is 6.18 Å². The van der Waals surface area contributed by atoms with Crippen LogP contribution in [-0.2, 0) is 11.0 Å². The first-order valence-electron chi connectivity index (χ1n) is 7.29. The van der Waals surface area contributed by atoms with Gasteiger partial charge in [0.1, 0.15) is 5.75 Å². The van der Waals surface area contributed by atoms with Crippen LogP contribution in [0.2, 0.25) is 5.02 Å². The van der Waals surface area contributed by atoms with Crippen molar-refractivity contribution in [3.8, 4) is 5.75 Å². The Morgan fingerprint density at radius 3 is 2.54 bits per heavy atom. The molecule has 2 rings (SSSR count). The summed E-state index contributed by atoms with van der Waals surface area (Å²) in [4.78, 5) is 23.8. The van der Waals surface area contributed by atoms with E-state index in [1.54, 1.807) is 12.1 Å². The molecule has 0 bridgehead atoms. The van der Waals surface area contributed by atoms with E-state index in [9.17, 15) is 22.8 Å². The van der Waals surface area contributed by atoms with E-state index in [4.69, 9.17) is 16.3 Å². The number of hydrogen-bond donors (Lipinski definition) is 2. The Bertz CT molecular complexity index is 825. The number of benzene rings is 2. The normalized spacial score (nSPS) is 11.0. The first-order valence-corrected chi connectivity index (χ1v) is 7.67. The van der Waals surface area contributed by atoms with Gasteiger partial charge in [0.15, 0.2) is 0 Å². The molecule has 138 valence electrons. The maximum Gasteiger partial charge on any atom is 0.417 e. The van der Waals surface area contributed by atoms with Crippen molar-refractivity contribution in [2.24, 2.45) is 0 Å². The molecule has 0 heterocycles. The van der Waals surface area contributed by atoms with Crippen LogP contribution < -0.4 is 15.4 Å². The van der Waals surface area contributed by atoms with Crippen molar-refractivity contribution in [2.45, 2.75) is 6.18 Å². The molecule has 0 aliphatic rings. The Morgan fingerprint density at radius 2 is 1.88 bits per heavy atom. The maximum absolute atomic E-state index is 12.8. The lowest BCUT2D eigenvalue weighted by atomic mass is 10.2. The zero-order valence-corrected chi connectivity index (χ0v) is 14.2. The van der Waals surface area contributed by atoms with Crippen LogP contribution in [-0.4, -0.2) is 25.5 Å². The lowest BCUT2D eigenvalue weighted by Crippen LogP contribution is -2.32. The maximum atomic E-state index is 12.8. The smallest absolute Gasteiger partial charge is 0.417 e. The molecule has 2 aromatic rings. The molecule has 26 heavy (non-hydrogen) atoms. The number of nitrogens with one attached hydrogen (secondary N) is 2. The molecule has 2 N–H and O–H groups in total. The number of halogens is 4. The number of hydrogen-bond acceptors (Lipinski definition) is 3. The number of methoxy groups -OCH3 is 1. The van der Waals surface area contributed by atoms with Gasteiger partial charge in [0, 0.05) is 11.3 Å². The third-order valence-electron chi connectivity index (χ3n) is 3.30. The molecule has 0 aliphatic heterocycles. The minimum atomic E-state index is -4.64. The van der Waals surface area contributed by atoms with Gasteiger partial charge in [-0.25, -0.2) is 0 Å². The summed E-state index contributed by atoms with van der Waals surface area (Å²) >= 11 is 5.51. The zero-order valence-electron chi connectivity index (χ0n) is 13.5. The molecular formula is C17H14ClF3N2O3. The Kier molecular flexibility index (Phi) is 6.10. The molecule has 0 radical (unpaired) electrons. The monoisotopic (exact) mass is 386 g/mol. The average Bonchev–Trinajstić information content (AvgIpc) is 2.60. The van der Waals surface area contributed by atoms with E-state index in [0.29, 0.717) is 5.75 Å². The standard InChI is InChI=1S/C17H14ClF3N2O3/c1-26-12-4-2-3-10(7-12)16(25)22-9-15(24)23-11-5-6-14(18)13(8-11)17(19,20)21/h2-8H,9H2,1H3,(H,22,25)(H,23,24). The van der Waals surface area contributed by atoms with Crippen molar-refractivity contribution in [2.75, 3.05) is 19.0 Å². The number of amides is 2. The zero-order chi connectivity index (χ0) is 19.3. The average molecular weight is 387 g/mol. The summed E-state index contributed by atoms with van der Waals surface area (Å²) in [5, 5.41) is 4.18. The third-order valence-corrected chi connectivity index (χ3v) is 3.63. The van der Waals surface area contributed by atoms with Crippen LogP contribution in [0.1, 0.15) is 15.9 Å². The highest BCUT2D eigenvalue weighted by atomic mass is 35.5. The van der Waals surface area contributed by atoms with E-state index in [0.717, 1.165) is 12.1 Å². The van der Waals surface area contributed by atoms with E-state index >= 15 is 0 Å². The first-order chi connectivity index (χ1) is 12.2. The van der Waals surface area contributed by atoms with Gasteiger partial charge in [0.25, 0.3) is 5.91 Å². The van der Waals surface area contributed by atoms with E-state index in [2.05, 4.69) is 10.6 Å². The van der Waals surface area contributed by atoms with Crippen molar-refractivity contribution in [3.05, 3.63) is 58.6 Å². The van der Waals surface area contributed by atoms with E-state index in [1.165, 1.54) is 25.3 Å². The van der Waals surface area contributed by atoms with Crippen LogP contribution in [0.3, 0.4) is 0 Å². The summed E-state index contributed by atoms with van der Waals surface area (Å²) in [5.41, 5.74) is -0.859. The van der Waals surface area contributed by atoms with E-state index in [-0.39, 0.29) is 11.3 Å². The molecule has 0 saturated heterocycles. The van der Waals surface area contributed by atoms with Gasteiger partial charge in [-0.05, 0) is 36.4 Å². The van der Waals surface area contributed by atoms with Crippen molar-refractivity contribution in [1.82, 2.24) is 5.32 Å². The highest BCUT2D eigenvalue weighted by Gasteiger charge is 2.33. The molecule has 5 nitrogen and oxygen atoms in total. The van der Waals surface area contributed by atoms with Gasteiger partial charge < -0.3 is 15.4 Å². The number of rotatable bonds is 5. The lowest BCUT2D eigenvalue weighted by Gasteiger charge is -2.12. The molecular weight excluding hydrogens is 373 g/mol. The second kappa shape index (κ2) is 8.09. The quantitative estimate of drug-likeness (QED) is 0.822. The summed E-state index contributed by atoms with van der Waals surface area (Å²) in [7, 11) is 1.45. The summed E-state index contributed by atoms with van der Waals surface area (Å²) in [6.07, 6.45) is -4.64. The van der Waals surface area contributed by atoms with E-state index < -0.39 is 35.1 Å². The van der Waals surface area contributed by atoms with Crippen molar-refractivity contribution in [3.63, 3.8) is 0 Å². The fourth-order valence-corrected chi connectivity index (χ4v) is 2.28. The van der Waals surface area contributed by atoms with Crippen LogP contribution in [0.25, 0.3) is 0 Å². The Balaban J connectivity index is 1.98. The summed E-state index contributed by atoms with van der Waals surface area (Å²) < 4.78 is 43.4.